The molecule has 0 aliphatic carbocycles. The molecule has 1 aromatic carbocycles. The molecule has 0 radical (unpaired) electrons. The van der Waals surface area contributed by atoms with Crippen LogP contribution in [0.2, 0.25) is 0 Å². The van der Waals surface area contributed by atoms with Gasteiger partial charge in [0.1, 0.15) is 0 Å². The molecule has 2 N–H and O–H groups in total. The second kappa shape index (κ2) is 6.57. The van der Waals surface area contributed by atoms with Gasteiger partial charge in [0.05, 0.1) is 0 Å². The van der Waals surface area contributed by atoms with Gasteiger partial charge in [0.15, 0.2) is 0 Å². The van der Waals surface area contributed by atoms with E-state index in [2.05, 4.69) is 5.32 Å². The van der Waals surface area contributed by atoms with Crippen molar-refractivity contribution in [1.29, 1.82) is 0 Å². The van der Waals surface area contributed by atoms with Gasteiger partial charge >= 0.3 is 0 Å². The maximum absolute atomic E-state index is 12.3. The largest absolute Gasteiger partial charge is 0.396 e. The summed E-state index contributed by atoms with van der Waals surface area (Å²) in [6, 6.07) is 7.63. The maximum atomic E-state index is 12.3. The Morgan fingerprint density at radius 3 is 2.47 bits per heavy atom. The summed E-state index contributed by atoms with van der Waals surface area (Å²) in [5, 5.41) is 12.3. The fourth-order valence-corrected chi connectivity index (χ4v) is 2.44. The monoisotopic (exact) mass is 262 g/mol. The third-order valence-electron chi connectivity index (χ3n) is 3.67. The molecule has 0 atom stereocenters. The summed E-state index contributed by atoms with van der Waals surface area (Å²) in [4.78, 5) is 14.2. The number of aliphatic hydroxyl groups is 1. The van der Waals surface area contributed by atoms with Crippen LogP contribution in [0.4, 0.5) is 5.69 Å². The second-order valence-electron chi connectivity index (χ2n) is 5.03. The average Bonchev–Trinajstić information content (AvgIpc) is 2.48. The van der Waals surface area contributed by atoms with Crippen LogP contribution in [0.15, 0.2) is 24.3 Å². The summed E-state index contributed by atoms with van der Waals surface area (Å²) < 4.78 is 0. The van der Waals surface area contributed by atoms with Crippen molar-refractivity contribution in [2.75, 3.05) is 31.6 Å². The number of amides is 1. The van der Waals surface area contributed by atoms with Gasteiger partial charge in [-0.1, -0.05) is 0 Å². The summed E-state index contributed by atoms with van der Waals surface area (Å²) in [7, 11) is 0. The number of benzene rings is 1. The van der Waals surface area contributed by atoms with E-state index in [1.807, 2.05) is 36.1 Å². The molecule has 1 saturated heterocycles. The van der Waals surface area contributed by atoms with Crippen LogP contribution in [0.5, 0.6) is 0 Å². The first-order valence-electron chi connectivity index (χ1n) is 6.98. The third-order valence-corrected chi connectivity index (χ3v) is 3.67. The molecule has 0 bridgehead atoms. The molecule has 0 saturated carbocycles. The van der Waals surface area contributed by atoms with E-state index in [9.17, 15) is 4.79 Å². The zero-order valence-electron chi connectivity index (χ0n) is 11.4. The van der Waals surface area contributed by atoms with Crippen LogP contribution in [0.25, 0.3) is 0 Å². The summed E-state index contributed by atoms with van der Waals surface area (Å²) in [6.45, 7) is 4.66. The van der Waals surface area contributed by atoms with Crippen molar-refractivity contribution in [2.24, 2.45) is 5.92 Å². The Hall–Kier alpha value is -1.55. The summed E-state index contributed by atoms with van der Waals surface area (Å²) in [5.41, 5.74) is 1.78. The van der Waals surface area contributed by atoms with Crippen LogP contribution in [0.1, 0.15) is 30.1 Å². The Morgan fingerprint density at radius 1 is 1.32 bits per heavy atom. The van der Waals surface area contributed by atoms with Gasteiger partial charge in [0.2, 0.25) is 0 Å². The number of hydrogen-bond donors (Lipinski definition) is 2. The highest BCUT2D eigenvalue weighted by Crippen LogP contribution is 2.19. The number of hydrogen-bond acceptors (Lipinski definition) is 3. The van der Waals surface area contributed by atoms with Gasteiger partial charge in [0.25, 0.3) is 5.91 Å². The summed E-state index contributed by atoms with van der Waals surface area (Å²) in [6.07, 6.45) is 1.80. The first-order chi connectivity index (χ1) is 9.24. The molecule has 0 unspecified atom stereocenters. The molecule has 0 spiro atoms. The van der Waals surface area contributed by atoms with Crippen molar-refractivity contribution < 1.29 is 9.90 Å². The Kier molecular flexibility index (Phi) is 4.80. The lowest BCUT2D eigenvalue weighted by Crippen LogP contribution is -2.39. The van der Waals surface area contributed by atoms with Crippen molar-refractivity contribution in [3.05, 3.63) is 29.8 Å². The maximum Gasteiger partial charge on any atom is 0.253 e. The van der Waals surface area contributed by atoms with Crippen molar-refractivity contribution in [1.82, 2.24) is 4.90 Å². The molecule has 4 nitrogen and oxygen atoms in total. The smallest absolute Gasteiger partial charge is 0.253 e. The van der Waals surface area contributed by atoms with Gasteiger partial charge in [-0.2, -0.15) is 0 Å². The Morgan fingerprint density at radius 2 is 1.95 bits per heavy atom. The molecule has 1 aliphatic rings. The molecule has 2 rings (SSSR count). The first kappa shape index (κ1) is 13.9. The minimum atomic E-state index is 0.0967. The topological polar surface area (TPSA) is 52.6 Å². The highest BCUT2D eigenvalue weighted by atomic mass is 16.3. The molecular formula is C15H22N2O2. The molecule has 1 aliphatic heterocycles. The SMILES string of the molecule is CCNc1ccc(C(=O)N2CCC(CO)CC2)cc1. The number of piperidine rings is 1. The molecule has 1 fully saturated rings. The molecular weight excluding hydrogens is 240 g/mol. The van der Waals surface area contributed by atoms with Gasteiger partial charge in [-0.15, -0.1) is 0 Å². The molecule has 0 aromatic heterocycles. The van der Waals surface area contributed by atoms with Crippen LogP contribution in [0, 0.1) is 5.92 Å². The fraction of sp³-hybridized carbons (Fsp3) is 0.533. The van der Waals surface area contributed by atoms with E-state index in [0.29, 0.717) is 5.92 Å². The molecule has 1 aromatic rings. The molecule has 1 amide bonds. The predicted octanol–water partition coefficient (Wildman–Crippen LogP) is 1.96. The van der Waals surface area contributed by atoms with E-state index in [4.69, 9.17) is 5.11 Å². The predicted molar refractivity (Wildman–Crippen MR) is 76.3 cm³/mol. The van der Waals surface area contributed by atoms with Crippen molar-refractivity contribution in [3.63, 3.8) is 0 Å². The van der Waals surface area contributed by atoms with Crippen LogP contribution < -0.4 is 5.32 Å². The van der Waals surface area contributed by atoms with E-state index < -0.39 is 0 Å². The van der Waals surface area contributed by atoms with Crippen LogP contribution in [0.3, 0.4) is 0 Å². The fourth-order valence-electron chi connectivity index (χ4n) is 2.44. The highest BCUT2D eigenvalue weighted by Gasteiger charge is 2.22. The van der Waals surface area contributed by atoms with E-state index in [1.165, 1.54) is 0 Å². The zero-order valence-corrected chi connectivity index (χ0v) is 11.4. The van der Waals surface area contributed by atoms with Crippen LogP contribution in [-0.4, -0.2) is 42.2 Å². The number of aliphatic hydroxyl groups excluding tert-OH is 1. The zero-order chi connectivity index (χ0) is 13.7. The first-order valence-corrected chi connectivity index (χ1v) is 6.98. The number of carbonyl (C=O) groups excluding carboxylic acids is 1. The number of anilines is 1. The van der Waals surface area contributed by atoms with E-state index in [0.717, 1.165) is 43.7 Å². The van der Waals surface area contributed by atoms with Gasteiger partial charge in [-0.3, -0.25) is 4.79 Å². The standard InChI is InChI=1S/C15H22N2O2/c1-2-16-14-5-3-13(4-6-14)15(19)17-9-7-12(11-18)8-10-17/h3-6,12,16,18H,2,7-11H2,1H3. The molecule has 104 valence electrons. The third kappa shape index (κ3) is 3.47. The quantitative estimate of drug-likeness (QED) is 0.872. The molecule has 4 heteroatoms. The lowest BCUT2D eigenvalue weighted by atomic mass is 9.97. The Labute approximate surface area is 114 Å². The summed E-state index contributed by atoms with van der Waals surface area (Å²) in [5.74, 6) is 0.458. The lowest BCUT2D eigenvalue weighted by Gasteiger charge is -2.31. The van der Waals surface area contributed by atoms with Gasteiger partial charge in [-0.05, 0) is 49.9 Å². The number of nitrogens with one attached hydrogen (secondary N) is 1. The van der Waals surface area contributed by atoms with E-state index in [1.54, 1.807) is 0 Å². The van der Waals surface area contributed by atoms with Gasteiger partial charge in [0, 0.05) is 37.5 Å². The minimum absolute atomic E-state index is 0.0967. The average molecular weight is 262 g/mol. The van der Waals surface area contributed by atoms with Crippen molar-refractivity contribution in [2.45, 2.75) is 19.8 Å². The molecule has 1 heterocycles. The van der Waals surface area contributed by atoms with Gasteiger partial charge < -0.3 is 15.3 Å². The number of rotatable bonds is 4. The number of nitrogens with zero attached hydrogens (tertiary/aromatic N) is 1. The van der Waals surface area contributed by atoms with Crippen LogP contribution >= 0.6 is 0 Å². The Balaban J connectivity index is 1.96. The van der Waals surface area contributed by atoms with Gasteiger partial charge in [-0.25, -0.2) is 0 Å². The number of likely N-dealkylation sites (tertiary alicyclic amines) is 1. The number of carbonyl (C=O) groups is 1. The van der Waals surface area contributed by atoms with Crippen molar-refractivity contribution >= 4 is 11.6 Å². The normalized spacial score (nSPS) is 16.4. The minimum Gasteiger partial charge on any atom is -0.396 e. The summed E-state index contributed by atoms with van der Waals surface area (Å²) >= 11 is 0. The van der Waals surface area contributed by atoms with E-state index >= 15 is 0 Å². The second-order valence-corrected chi connectivity index (χ2v) is 5.03. The molecule has 19 heavy (non-hydrogen) atoms. The van der Waals surface area contributed by atoms with Crippen LogP contribution in [-0.2, 0) is 0 Å². The Bertz CT molecular complexity index is 409. The van der Waals surface area contributed by atoms with E-state index in [-0.39, 0.29) is 12.5 Å². The highest BCUT2D eigenvalue weighted by molar-refractivity contribution is 5.94. The lowest BCUT2D eigenvalue weighted by molar-refractivity contribution is 0.0651. The van der Waals surface area contributed by atoms with Crippen molar-refractivity contribution in [3.8, 4) is 0 Å².